The van der Waals surface area contributed by atoms with Crippen molar-refractivity contribution in [3.8, 4) is 0 Å². The summed E-state index contributed by atoms with van der Waals surface area (Å²) in [7, 11) is 5.05. The molecule has 3 amide bonds. The summed E-state index contributed by atoms with van der Waals surface area (Å²) in [4.78, 5) is 28.7. The van der Waals surface area contributed by atoms with Crippen LogP contribution >= 0.6 is 0 Å². The number of urea groups is 1. The van der Waals surface area contributed by atoms with E-state index in [9.17, 15) is 9.59 Å². The van der Waals surface area contributed by atoms with Gasteiger partial charge in [0.25, 0.3) is 0 Å². The van der Waals surface area contributed by atoms with Crippen molar-refractivity contribution >= 4 is 11.9 Å². The number of likely N-dealkylation sites (N-methyl/N-ethyl adjacent to an activating group) is 1. The molecule has 0 spiro atoms. The number of β-amino-alcohol motifs (C(OH)–C–C–N with tert-alkyl or cyclic N) is 1. The third-order valence-electron chi connectivity index (χ3n) is 3.77. The number of carbonyl (C=O) groups excluding carboxylic acids is 2. The molecule has 1 aliphatic rings. The molecule has 1 fully saturated rings. The number of aliphatic hydroxyl groups excluding tert-OH is 1. The zero-order valence-electron chi connectivity index (χ0n) is 13.3. The molecular weight excluding hydrogens is 272 g/mol. The Bertz CT molecular complexity index is 347. The van der Waals surface area contributed by atoms with Crippen molar-refractivity contribution in [2.45, 2.75) is 12.8 Å². The van der Waals surface area contributed by atoms with Gasteiger partial charge < -0.3 is 25.1 Å². The van der Waals surface area contributed by atoms with Crippen LogP contribution in [0.5, 0.6) is 0 Å². The first-order chi connectivity index (χ1) is 9.93. The predicted octanol–water partition coefficient (Wildman–Crippen LogP) is -0.580. The van der Waals surface area contributed by atoms with E-state index in [1.54, 1.807) is 26.0 Å². The fourth-order valence-corrected chi connectivity index (χ4v) is 2.58. The SMILES string of the molecule is CN(C)C(=O)NCC(=O)N(C)C[C@@H]1CCCN(CCO)C1. The molecule has 1 rings (SSSR count). The lowest BCUT2D eigenvalue weighted by Crippen LogP contribution is -2.46. The molecule has 0 bridgehead atoms. The summed E-state index contributed by atoms with van der Waals surface area (Å²) in [6, 6.07) is -0.261. The molecule has 0 aromatic heterocycles. The summed E-state index contributed by atoms with van der Waals surface area (Å²) in [6.45, 7) is 3.54. The largest absolute Gasteiger partial charge is 0.395 e. The van der Waals surface area contributed by atoms with Gasteiger partial charge in [0.2, 0.25) is 5.91 Å². The number of rotatable bonds is 6. The van der Waals surface area contributed by atoms with Crippen molar-refractivity contribution < 1.29 is 14.7 Å². The fraction of sp³-hybridized carbons (Fsp3) is 0.857. The minimum absolute atomic E-state index is 0.0284. The highest BCUT2D eigenvalue weighted by molar-refractivity contribution is 5.83. The summed E-state index contributed by atoms with van der Waals surface area (Å²) in [6.07, 6.45) is 2.20. The molecule has 122 valence electrons. The molecule has 0 radical (unpaired) electrons. The van der Waals surface area contributed by atoms with Gasteiger partial charge in [-0.05, 0) is 25.3 Å². The number of nitrogens with one attached hydrogen (secondary N) is 1. The van der Waals surface area contributed by atoms with E-state index >= 15 is 0 Å². The lowest BCUT2D eigenvalue weighted by atomic mass is 9.97. The summed E-state index contributed by atoms with van der Waals surface area (Å²) in [5, 5.41) is 11.6. The molecule has 21 heavy (non-hydrogen) atoms. The van der Waals surface area contributed by atoms with Gasteiger partial charge in [-0.15, -0.1) is 0 Å². The van der Waals surface area contributed by atoms with Crippen LogP contribution < -0.4 is 5.32 Å². The van der Waals surface area contributed by atoms with Crippen LogP contribution in [0.2, 0.25) is 0 Å². The number of piperidine rings is 1. The Morgan fingerprint density at radius 3 is 2.67 bits per heavy atom. The molecule has 1 aliphatic heterocycles. The maximum atomic E-state index is 12.0. The first-order valence-electron chi connectivity index (χ1n) is 7.46. The number of nitrogens with zero attached hydrogens (tertiary/aromatic N) is 3. The Balaban J connectivity index is 2.32. The average Bonchev–Trinajstić information content (AvgIpc) is 2.44. The molecule has 0 saturated carbocycles. The van der Waals surface area contributed by atoms with Crippen LogP contribution in [0.4, 0.5) is 4.79 Å². The predicted molar refractivity (Wildman–Crippen MR) is 81.0 cm³/mol. The normalized spacial score (nSPS) is 19.1. The summed E-state index contributed by atoms with van der Waals surface area (Å²) < 4.78 is 0. The van der Waals surface area contributed by atoms with E-state index in [0.717, 1.165) is 25.9 Å². The molecule has 0 aromatic carbocycles. The molecule has 0 aliphatic carbocycles. The second-order valence-corrected chi connectivity index (χ2v) is 5.86. The van der Waals surface area contributed by atoms with Crippen molar-refractivity contribution in [2.75, 3.05) is 60.5 Å². The van der Waals surface area contributed by atoms with Gasteiger partial charge in [-0.1, -0.05) is 0 Å². The van der Waals surface area contributed by atoms with Gasteiger partial charge in [-0.2, -0.15) is 0 Å². The van der Waals surface area contributed by atoms with Gasteiger partial charge in [-0.3, -0.25) is 4.79 Å². The highest BCUT2D eigenvalue weighted by atomic mass is 16.3. The lowest BCUT2D eigenvalue weighted by Gasteiger charge is -2.34. The Kier molecular flexibility index (Phi) is 7.45. The summed E-state index contributed by atoms with van der Waals surface area (Å²) >= 11 is 0. The number of carbonyl (C=O) groups is 2. The highest BCUT2D eigenvalue weighted by Gasteiger charge is 2.22. The standard InChI is InChI=1S/C14H28N4O3/c1-16(2)14(21)15-9-13(20)17(3)10-12-5-4-6-18(11-12)7-8-19/h12,19H,4-11H2,1-3H3,(H,15,21)/t12-/m0/s1. The van der Waals surface area contributed by atoms with E-state index in [0.29, 0.717) is 19.0 Å². The summed E-state index contributed by atoms with van der Waals surface area (Å²) in [5.74, 6) is 0.355. The molecule has 2 N–H and O–H groups in total. The molecule has 0 unspecified atom stereocenters. The molecule has 1 heterocycles. The Morgan fingerprint density at radius 1 is 1.33 bits per heavy atom. The molecule has 0 aromatic rings. The highest BCUT2D eigenvalue weighted by Crippen LogP contribution is 2.16. The first-order valence-corrected chi connectivity index (χ1v) is 7.46. The maximum Gasteiger partial charge on any atom is 0.317 e. The van der Waals surface area contributed by atoms with Crippen molar-refractivity contribution in [1.29, 1.82) is 0 Å². The van der Waals surface area contributed by atoms with Crippen molar-refractivity contribution in [2.24, 2.45) is 5.92 Å². The minimum Gasteiger partial charge on any atom is -0.395 e. The molecular formula is C14H28N4O3. The van der Waals surface area contributed by atoms with Crippen LogP contribution in [-0.4, -0.2) is 92.2 Å². The smallest absolute Gasteiger partial charge is 0.317 e. The van der Waals surface area contributed by atoms with Gasteiger partial charge in [0.1, 0.15) is 0 Å². The first kappa shape index (κ1) is 17.7. The van der Waals surface area contributed by atoms with E-state index in [-0.39, 0.29) is 25.1 Å². The van der Waals surface area contributed by atoms with Gasteiger partial charge in [0.15, 0.2) is 0 Å². The quantitative estimate of drug-likeness (QED) is 0.688. The zero-order chi connectivity index (χ0) is 15.8. The molecule has 1 atom stereocenters. The van der Waals surface area contributed by atoms with Crippen LogP contribution in [0.15, 0.2) is 0 Å². The van der Waals surface area contributed by atoms with E-state index in [2.05, 4.69) is 10.2 Å². The van der Waals surface area contributed by atoms with Crippen LogP contribution in [0.3, 0.4) is 0 Å². The average molecular weight is 300 g/mol. The van der Waals surface area contributed by atoms with Gasteiger partial charge >= 0.3 is 6.03 Å². The minimum atomic E-state index is -0.261. The number of likely N-dealkylation sites (tertiary alicyclic amines) is 1. The topological polar surface area (TPSA) is 76.1 Å². The Hall–Kier alpha value is -1.34. The molecule has 1 saturated heterocycles. The number of hydrogen-bond acceptors (Lipinski definition) is 4. The fourth-order valence-electron chi connectivity index (χ4n) is 2.58. The van der Waals surface area contributed by atoms with Gasteiger partial charge in [0, 0.05) is 40.8 Å². The number of aliphatic hydroxyl groups is 1. The molecule has 7 heteroatoms. The maximum absolute atomic E-state index is 12.0. The van der Waals surface area contributed by atoms with Crippen molar-refractivity contribution in [3.05, 3.63) is 0 Å². The zero-order valence-corrected chi connectivity index (χ0v) is 13.3. The third kappa shape index (κ3) is 6.31. The monoisotopic (exact) mass is 300 g/mol. The van der Waals surface area contributed by atoms with Gasteiger partial charge in [0.05, 0.1) is 13.2 Å². The van der Waals surface area contributed by atoms with Crippen LogP contribution in [0, 0.1) is 5.92 Å². The van der Waals surface area contributed by atoms with E-state index in [4.69, 9.17) is 5.11 Å². The van der Waals surface area contributed by atoms with E-state index in [1.165, 1.54) is 4.90 Å². The third-order valence-corrected chi connectivity index (χ3v) is 3.77. The van der Waals surface area contributed by atoms with Crippen LogP contribution in [-0.2, 0) is 4.79 Å². The lowest BCUT2D eigenvalue weighted by molar-refractivity contribution is -0.129. The van der Waals surface area contributed by atoms with Crippen molar-refractivity contribution in [1.82, 2.24) is 20.0 Å². The number of hydrogen-bond donors (Lipinski definition) is 2. The van der Waals surface area contributed by atoms with Crippen molar-refractivity contribution in [3.63, 3.8) is 0 Å². The number of amides is 3. The van der Waals surface area contributed by atoms with Crippen LogP contribution in [0.25, 0.3) is 0 Å². The van der Waals surface area contributed by atoms with Crippen LogP contribution in [0.1, 0.15) is 12.8 Å². The van der Waals surface area contributed by atoms with E-state index < -0.39 is 0 Å². The van der Waals surface area contributed by atoms with Gasteiger partial charge in [-0.25, -0.2) is 4.79 Å². The Labute approximate surface area is 126 Å². The summed E-state index contributed by atoms with van der Waals surface area (Å²) in [5.41, 5.74) is 0. The second-order valence-electron chi connectivity index (χ2n) is 5.86. The second kappa shape index (κ2) is 8.84. The molecule has 7 nitrogen and oxygen atoms in total. The Morgan fingerprint density at radius 2 is 2.05 bits per heavy atom. The van der Waals surface area contributed by atoms with E-state index in [1.807, 2.05) is 0 Å².